The summed E-state index contributed by atoms with van der Waals surface area (Å²) in [6, 6.07) is 18.7. The van der Waals surface area contributed by atoms with Gasteiger partial charge in [0.05, 0.1) is 12.2 Å². The lowest BCUT2D eigenvalue weighted by molar-refractivity contribution is -1.07. The summed E-state index contributed by atoms with van der Waals surface area (Å²) in [6.07, 6.45) is -1.17. The average molecular weight is 526 g/mol. The molecular weight excluding hydrogens is 495 g/mol. The molecule has 0 aliphatic rings. The van der Waals surface area contributed by atoms with E-state index in [1.54, 1.807) is 24.3 Å². The van der Waals surface area contributed by atoms with Gasteiger partial charge in [-0.15, -0.1) is 0 Å². The largest absolute Gasteiger partial charge is 0.589 e. The van der Waals surface area contributed by atoms with Crippen LogP contribution in [0.4, 0.5) is 13.2 Å². The van der Waals surface area contributed by atoms with Crippen LogP contribution in [0, 0.1) is 17.0 Å². The second-order valence-electron chi connectivity index (χ2n) is 8.94. The van der Waals surface area contributed by atoms with Crippen LogP contribution < -0.4 is 4.74 Å². The zero-order valence-corrected chi connectivity index (χ0v) is 21.4. The predicted molar refractivity (Wildman–Crippen MR) is 138 cm³/mol. The van der Waals surface area contributed by atoms with Crippen molar-refractivity contribution in [1.29, 1.82) is 0 Å². The molecule has 0 fully saturated rings. The van der Waals surface area contributed by atoms with Gasteiger partial charge in [-0.3, -0.25) is 4.84 Å². The molecule has 3 aromatic rings. The van der Waals surface area contributed by atoms with Gasteiger partial charge in [-0.25, -0.2) is 4.79 Å². The van der Waals surface area contributed by atoms with Gasteiger partial charge in [0, 0.05) is 29.2 Å². The van der Waals surface area contributed by atoms with Crippen LogP contribution in [-0.4, -0.2) is 17.4 Å². The molecule has 0 radical (unpaired) electrons. The summed E-state index contributed by atoms with van der Waals surface area (Å²) in [5.41, 5.74) is 1.64. The van der Waals surface area contributed by atoms with Crippen LogP contribution in [0.15, 0.2) is 72.8 Å². The minimum Gasteiger partial charge on any atom is -0.589 e. The lowest BCUT2D eigenvalue weighted by Gasteiger charge is -2.37. The standard InChI is InChI=1S/C30H30F3NO4/c1-3-4-5-20-37-29-18-14-25(15-19-29)7-6-24-8-10-26(11-9-24)21-34(36,38-23(2)35)22-27-12-16-28(17-13-27)30(31,32)33/h8-19H,3-5,20-22H2,1-2H3. The fourth-order valence-electron chi connectivity index (χ4n) is 3.72. The Labute approximate surface area is 220 Å². The van der Waals surface area contributed by atoms with Gasteiger partial charge in [0.1, 0.15) is 18.8 Å². The molecule has 0 saturated heterocycles. The minimum atomic E-state index is -4.48. The van der Waals surface area contributed by atoms with E-state index in [-0.39, 0.29) is 13.1 Å². The van der Waals surface area contributed by atoms with Crippen molar-refractivity contribution >= 4 is 5.97 Å². The molecule has 0 aromatic heterocycles. The summed E-state index contributed by atoms with van der Waals surface area (Å²) in [4.78, 5) is 15.2. The van der Waals surface area contributed by atoms with Gasteiger partial charge in [-0.05, 0) is 55.0 Å². The fraction of sp³-hybridized carbons (Fsp3) is 0.300. The van der Waals surface area contributed by atoms with Crippen molar-refractivity contribution in [2.45, 2.75) is 52.4 Å². The maximum absolute atomic E-state index is 13.3. The lowest BCUT2D eigenvalue weighted by atomic mass is 10.1. The lowest BCUT2D eigenvalue weighted by Crippen LogP contribution is -2.42. The topological polar surface area (TPSA) is 58.6 Å². The molecule has 38 heavy (non-hydrogen) atoms. The summed E-state index contributed by atoms with van der Waals surface area (Å²) < 4.78 is 44.2. The molecule has 3 rings (SSSR count). The quantitative estimate of drug-likeness (QED) is 0.122. The van der Waals surface area contributed by atoms with Gasteiger partial charge in [0.25, 0.3) is 0 Å². The highest BCUT2D eigenvalue weighted by molar-refractivity contribution is 5.65. The molecule has 1 unspecified atom stereocenters. The van der Waals surface area contributed by atoms with Gasteiger partial charge in [-0.1, -0.05) is 55.9 Å². The highest BCUT2D eigenvalue weighted by Gasteiger charge is 2.30. The number of quaternary nitrogens is 1. The number of rotatable bonds is 10. The number of hydroxylamine groups is 4. The fourth-order valence-corrected chi connectivity index (χ4v) is 3.72. The number of carbonyl (C=O) groups is 1. The number of hydrogen-bond acceptors (Lipinski definition) is 4. The van der Waals surface area contributed by atoms with Gasteiger partial charge in [0.15, 0.2) is 0 Å². The number of nitrogens with zero attached hydrogens (tertiary/aromatic N) is 1. The molecule has 1 atom stereocenters. The van der Waals surface area contributed by atoms with E-state index in [1.807, 2.05) is 24.3 Å². The predicted octanol–water partition coefficient (Wildman–Crippen LogP) is 7.17. The maximum atomic E-state index is 13.3. The molecule has 8 heteroatoms. The number of carbonyl (C=O) groups excluding carboxylic acids is 1. The zero-order valence-electron chi connectivity index (χ0n) is 21.4. The normalized spacial score (nSPS) is 12.7. The van der Waals surface area contributed by atoms with E-state index >= 15 is 0 Å². The summed E-state index contributed by atoms with van der Waals surface area (Å²) in [7, 11) is 0. The van der Waals surface area contributed by atoms with Gasteiger partial charge >= 0.3 is 12.1 Å². The molecule has 3 aromatic carbocycles. The molecule has 0 amide bonds. The molecule has 0 saturated carbocycles. The van der Waals surface area contributed by atoms with Crippen molar-refractivity contribution in [3.05, 3.63) is 106 Å². The first-order valence-electron chi connectivity index (χ1n) is 12.3. The Kier molecular flexibility index (Phi) is 9.94. The van der Waals surface area contributed by atoms with Gasteiger partial charge in [0.2, 0.25) is 0 Å². The molecule has 0 aliphatic heterocycles. The van der Waals surface area contributed by atoms with E-state index < -0.39 is 22.5 Å². The van der Waals surface area contributed by atoms with Crippen molar-refractivity contribution in [2.75, 3.05) is 6.61 Å². The number of ether oxygens (including phenoxy) is 1. The number of unbranched alkanes of at least 4 members (excludes halogenated alkanes) is 2. The van der Waals surface area contributed by atoms with Crippen LogP contribution in [0.5, 0.6) is 5.75 Å². The Morgan fingerprint density at radius 3 is 1.82 bits per heavy atom. The Morgan fingerprint density at radius 1 is 0.842 bits per heavy atom. The average Bonchev–Trinajstić information content (AvgIpc) is 2.86. The first-order chi connectivity index (χ1) is 18.1. The second-order valence-corrected chi connectivity index (χ2v) is 8.94. The van der Waals surface area contributed by atoms with Gasteiger partial charge in [-0.2, -0.15) is 18.0 Å². The van der Waals surface area contributed by atoms with Gasteiger partial charge < -0.3 is 9.94 Å². The number of benzene rings is 3. The van der Waals surface area contributed by atoms with Crippen LogP contribution in [0.1, 0.15) is 60.9 Å². The Bertz CT molecular complexity index is 1240. The van der Waals surface area contributed by atoms with Crippen LogP contribution in [0.3, 0.4) is 0 Å². The van der Waals surface area contributed by atoms with Crippen molar-refractivity contribution in [1.82, 2.24) is 0 Å². The first-order valence-corrected chi connectivity index (χ1v) is 12.3. The monoisotopic (exact) mass is 525 g/mol. The summed E-state index contributed by atoms with van der Waals surface area (Å²) in [5.74, 6) is 6.17. The third kappa shape index (κ3) is 9.25. The van der Waals surface area contributed by atoms with Crippen molar-refractivity contribution in [3.8, 4) is 17.6 Å². The van der Waals surface area contributed by atoms with Crippen LogP contribution in [0.2, 0.25) is 0 Å². The number of alkyl halides is 3. The summed E-state index contributed by atoms with van der Waals surface area (Å²) >= 11 is 0. The molecule has 200 valence electrons. The molecule has 0 spiro atoms. The molecule has 5 nitrogen and oxygen atoms in total. The molecule has 0 heterocycles. The molecule has 0 N–H and O–H groups in total. The molecule has 0 aliphatic carbocycles. The molecular formula is C30H30F3NO4. The zero-order chi connectivity index (χ0) is 27.6. The van der Waals surface area contributed by atoms with Crippen molar-refractivity contribution in [3.63, 3.8) is 0 Å². The number of hydrogen-bond donors (Lipinski definition) is 0. The SMILES string of the molecule is CCCCCOc1ccc(C#Cc2ccc(C[N+]([O-])(Cc3ccc(C(F)(F)F)cc3)OC(C)=O)cc2)cc1. The summed E-state index contributed by atoms with van der Waals surface area (Å²) in [6.45, 7) is 3.40. The van der Waals surface area contributed by atoms with Crippen molar-refractivity contribution < 1.29 is 32.3 Å². The Morgan fingerprint density at radius 2 is 1.34 bits per heavy atom. The number of halogens is 3. The van der Waals surface area contributed by atoms with Crippen LogP contribution in [0.25, 0.3) is 0 Å². The van der Waals surface area contributed by atoms with E-state index in [0.29, 0.717) is 17.7 Å². The van der Waals surface area contributed by atoms with Crippen LogP contribution in [-0.2, 0) is 28.9 Å². The second kappa shape index (κ2) is 13.1. The summed E-state index contributed by atoms with van der Waals surface area (Å²) in [5, 5.41) is 13.3. The highest BCUT2D eigenvalue weighted by atomic mass is 19.4. The smallest absolute Gasteiger partial charge is 0.416 e. The molecule has 0 bridgehead atoms. The van der Waals surface area contributed by atoms with E-state index in [4.69, 9.17) is 9.57 Å². The van der Waals surface area contributed by atoms with Crippen molar-refractivity contribution in [2.24, 2.45) is 0 Å². The van der Waals surface area contributed by atoms with E-state index in [9.17, 15) is 23.2 Å². The third-order valence-corrected chi connectivity index (χ3v) is 5.60. The minimum absolute atomic E-state index is 0.214. The maximum Gasteiger partial charge on any atom is 0.416 e. The third-order valence-electron chi connectivity index (χ3n) is 5.60. The van der Waals surface area contributed by atoms with E-state index in [1.165, 1.54) is 12.1 Å². The van der Waals surface area contributed by atoms with E-state index in [2.05, 4.69) is 18.8 Å². The highest BCUT2D eigenvalue weighted by Crippen LogP contribution is 2.30. The van der Waals surface area contributed by atoms with E-state index in [0.717, 1.165) is 55.2 Å². The Balaban J connectivity index is 1.64. The first kappa shape index (κ1) is 28.8. The Hall–Kier alpha value is -3.80. The van der Waals surface area contributed by atoms with Crippen LogP contribution >= 0.6 is 0 Å².